The summed E-state index contributed by atoms with van der Waals surface area (Å²) in [5.74, 6) is -1.28. The Kier molecular flexibility index (Phi) is 2.84. The van der Waals surface area contributed by atoms with Gasteiger partial charge in [-0.15, -0.1) is 0 Å². The highest BCUT2D eigenvalue weighted by molar-refractivity contribution is 7.90. The average Bonchev–Trinajstić information content (AvgIpc) is 3.24. The number of amides is 1. The Morgan fingerprint density at radius 1 is 1.38 bits per heavy atom. The lowest BCUT2D eigenvalue weighted by molar-refractivity contribution is -0.385. The number of fused-ring (bicyclic) bond motifs is 1. The van der Waals surface area contributed by atoms with Crippen LogP contribution in [0.5, 0.6) is 0 Å². The van der Waals surface area contributed by atoms with Crippen molar-refractivity contribution < 1.29 is 22.9 Å². The molecule has 3 rings (SSSR count). The van der Waals surface area contributed by atoms with E-state index in [9.17, 15) is 28.1 Å². The topological polar surface area (TPSA) is 115 Å². The standard InChI is InChI=1S/C12H10N2O6S/c15-10(7-1-2-7)6-13-12(16)9-4-3-8(14(17)18)5-11(9)21(13,19)20/h3-5,7H,1-2,6H2. The smallest absolute Gasteiger partial charge is 0.270 e. The molecule has 2 aliphatic rings. The molecule has 1 amide bonds. The minimum absolute atomic E-state index is 0.135. The first-order valence-electron chi connectivity index (χ1n) is 6.20. The molecule has 0 atom stereocenters. The number of hydrogen-bond acceptors (Lipinski definition) is 6. The van der Waals surface area contributed by atoms with E-state index >= 15 is 0 Å². The van der Waals surface area contributed by atoms with Gasteiger partial charge in [-0.25, -0.2) is 12.7 Å². The van der Waals surface area contributed by atoms with Crippen LogP contribution in [-0.2, 0) is 14.8 Å². The SMILES string of the molecule is O=C(CN1C(=O)c2ccc([N+](=O)[O-])cc2S1(=O)=O)C1CC1. The zero-order valence-electron chi connectivity index (χ0n) is 10.7. The van der Waals surface area contributed by atoms with Gasteiger partial charge in [0.15, 0.2) is 5.78 Å². The maximum Gasteiger partial charge on any atom is 0.270 e. The fourth-order valence-corrected chi connectivity index (χ4v) is 3.76. The fourth-order valence-electron chi connectivity index (χ4n) is 2.21. The quantitative estimate of drug-likeness (QED) is 0.597. The second-order valence-corrected chi connectivity index (χ2v) is 6.83. The minimum atomic E-state index is -4.19. The lowest BCUT2D eigenvalue weighted by Gasteiger charge is -2.13. The van der Waals surface area contributed by atoms with Gasteiger partial charge < -0.3 is 0 Å². The van der Waals surface area contributed by atoms with Crippen molar-refractivity contribution in [3.63, 3.8) is 0 Å². The average molecular weight is 310 g/mol. The van der Waals surface area contributed by atoms with Gasteiger partial charge in [-0.05, 0) is 18.9 Å². The molecule has 1 aromatic carbocycles. The van der Waals surface area contributed by atoms with Crippen molar-refractivity contribution in [1.29, 1.82) is 0 Å². The summed E-state index contributed by atoms with van der Waals surface area (Å²) in [6, 6.07) is 3.03. The number of carbonyl (C=O) groups excluding carboxylic acids is 2. The molecular weight excluding hydrogens is 300 g/mol. The number of Topliss-reactive ketones (excluding diaryl/α,β-unsaturated/α-hetero) is 1. The number of benzene rings is 1. The molecule has 1 aliphatic carbocycles. The number of hydrogen-bond donors (Lipinski definition) is 0. The largest absolute Gasteiger partial charge is 0.297 e. The molecule has 1 fully saturated rings. The summed E-state index contributed by atoms with van der Waals surface area (Å²) >= 11 is 0. The van der Waals surface area contributed by atoms with Gasteiger partial charge in [0.1, 0.15) is 4.90 Å². The first kappa shape index (κ1) is 13.7. The van der Waals surface area contributed by atoms with Gasteiger partial charge in [-0.2, -0.15) is 0 Å². The first-order valence-corrected chi connectivity index (χ1v) is 7.64. The van der Waals surface area contributed by atoms with E-state index in [-0.39, 0.29) is 17.3 Å². The van der Waals surface area contributed by atoms with Crippen molar-refractivity contribution >= 4 is 27.4 Å². The van der Waals surface area contributed by atoms with Crippen LogP contribution in [0.25, 0.3) is 0 Å². The maximum absolute atomic E-state index is 12.3. The number of carbonyl (C=O) groups is 2. The zero-order chi connectivity index (χ0) is 15.4. The van der Waals surface area contributed by atoms with Crippen LogP contribution < -0.4 is 0 Å². The van der Waals surface area contributed by atoms with Crippen molar-refractivity contribution in [2.24, 2.45) is 5.92 Å². The summed E-state index contributed by atoms with van der Waals surface area (Å²) in [4.78, 5) is 33.4. The van der Waals surface area contributed by atoms with Crippen molar-refractivity contribution in [3.05, 3.63) is 33.9 Å². The molecule has 0 unspecified atom stereocenters. The second-order valence-electron chi connectivity index (χ2n) is 4.99. The summed E-state index contributed by atoms with van der Waals surface area (Å²) in [6.07, 6.45) is 1.42. The molecule has 1 aliphatic heterocycles. The van der Waals surface area contributed by atoms with E-state index in [1.54, 1.807) is 0 Å². The number of ketones is 1. The molecule has 1 heterocycles. The predicted octanol–water partition coefficient (Wildman–Crippen LogP) is 0.718. The number of nitro benzene ring substituents is 1. The van der Waals surface area contributed by atoms with Crippen LogP contribution in [-0.4, -0.2) is 35.9 Å². The van der Waals surface area contributed by atoms with Gasteiger partial charge in [0.05, 0.1) is 17.0 Å². The summed E-state index contributed by atoms with van der Waals surface area (Å²) in [5.41, 5.74) is -0.551. The van der Waals surface area contributed by atoms with Crippen LogP contribution in [0.3, 0.4) is 0 Å². The van der Waals surface area contributed by atoms with E-state index < -0.39 is 38.0 Å². The van der Waals surface area contributed by atoms with Crippen LogP contribution in [0.1, 0.15) is 23.2 Å². The Balaban J connectivity index is 2.01. The van der Waals surface area contributed by atoms with Gasteiger partial charge in [0.2, 0.25) is 0 Å². The highest BCUT2D eigenvalue weighted by atomic mass is 32.2. The number of sulfonamides is 1. The Morgan fingerprint density at radius 3 is 2.62 bits per heavy atom. The third kappa shape index (κ3) is 2.09. The Labute approximate surface area is 119 Å². The van der Waals surface area contributed by atoms with E-state index in [2.05, 4.69) is 0 Å². The highest BCUT2D eigenvalue weighted by Gasteiger charge is 2.44. The van der Waals surface area contributed by atoms with Crippen LogP contribution in [0.15, 0.2) is 23.1 Å². The third-order valence-corrected chi connectivity index (χ3v) is 5.30. The third-order valence-electron chi connectivity index (χ3n) is 3.53. The molecule has 0 bridgehead atoms. The van der Waals surface area contributed by atoms with Gasteiger partial charge in [0.25, 0.3) is 21.6 Å². The van der Waals surface area contributed by atoms with Gasteiger partial charge >= 0.3 is 0 Å². The van der Waals surface area contributed by atoms with Crippen molar-refractivity contribution in [2.45, 2.75) is 17.7 Å². The molecule has 0 aromatic heterocycles. The number of nitro groups is 1. The fraction of sp³-hybridized carbons (Fsp3) is 0.333. The maximum atomic E-state index is 12.3. The van der Waals surface area contributed by atoms with Gasteiger partial charge in [-0.1, -0.05) is 0 Å². The van der Waals surface area contributed by atoms with Crippen LogP contribution in [0, 0.1) is 16.0 Å². The van der Waals surface area contributed by atoms with E-state index in [0.717, 1.165) is 18.2 Å². The molecule has 9 heteroatoms. The normalized spacial score (nSPS) is 19.4. The van der Waals surface area contributed by atoms with Gasteiger partial charge in [0, 0.05) is 18.1 Å². The molecule has 8 nitrogen and oxygen atoms in total. The lowest BCUT2D eigenvalue weighted by atomic mass is 10.2. The number of rotatable bonds is 4. The van der Waals surface area contributed by atoms with Crippen molar-refractivity contribution in [2.75, 3.05) is 6.54 Å². The highest BCUT2D eigenvalue weighted by Crippen LogP contribution is 2.35. The lowest BCUT2D eigenvalue weighted by Crippen LogP contribution is -2.35. The Morgan fingerprint density at radius 2 is 2.05 bits per heavy atom. The summed E-state index contributed by atoms with van der Waals surface area (Å²) < 4.78 is 25.1. The summed E-state index contributed by atoms with van der Waals surface area (Å²) in [6.45, 7) is -0.506. The Bertz CT molecular complexity index is 781. The van der Waals surface area contributed by atoms with Crippen LogP contribution in [0.2, 0.25) is 0 Å². The zero-order valence-corrected chi connectivity index (χ0v) is 11.5. The van der Waals surface area contributed by atoms with E-state index in [0.29, 0.717) is 17.1 Å². The van der Waals surface area contributed by atoms with Crippen LogP contribution >= 0.6 is 0 Å². The molecular formula is C12H10N2O6S. The monoisotopic (exact) mass is 310 g/mol. The molecule has 1 saturated carbocycles. The number of nitrogens with zero attached hydrogens (tertiary/aromatic N) is 2. The second kappa shape index (κ2) is 4.35. The molecule has 0 saturated heterocycles. The Hall–Kier alpha value is -2.29. The molecule has 0 N–H and O–H groups in total. The van der Waals surface area contributed by atoms with E-state index in [1.807, 2.05) is 0 Å². The molecule has 1 aromatic rings. The predicted molar refractivity (Wildman–Crippen MR) is 69.0 cm³/mol. The molecule has 21 heavy (non-hydrogen) atoms. The van der Waals surface area contributed by atoms with E-state index in [4.69, 9.17) is 0 Å². The van der Waals surface area contributed by atoms with Crippen LogP contribution in [0.4, 0.5) is 5.69 Å². The summed E-state index contributed by atoms with van der Waals surface area (Å²) in [5, 5.41) is 10.7. The molecule has 110 valence electrons. The minimum Gasteiger partial charge on any atom is -0.297 e. The van der Waals surface area contributed by atoms with Gasteiger partial charge in [-0.3, -0.25) is 19.7 Å². The molecule has 0 spiro atoms. The van der Waals surface area contributed by atoms with Crippen molar-refractivity contribution in [1.82, 2.24) is 4.31 Å². The number of non-ortho nitro benzene ring substituents is 1. The first-order chi connectivity index (χ1) is 9.82. The van der Waals surface area contributed by atoms with E-state index in [1.165, 1.54) is 0 Å². The molecule has 0 radical (unpaired) electrons. The van der Waals surface area contributed by atoms with Crippen molar-refractivity contribution in [3.8, 4) is 0 Å². The summed E-state index contributed by atoms with van der Waals surface area (Å²) in [7, 11) is -4.19.